The number of esters is 1. The number of carbonyl (C=O) groups excluding carboxylic acids is 1. The molecule has 4 rings (SSSR count). The lowest BCUT2D eigenvalue weighted by Gasteiger charge is -2.14. The summed E-state index contributed by atoms with van der Waals surface area (Å²) in [7, 11) is 0. The van der Waals surface area contributed by atoms with Gasteiger partial charge >= 0.3 is 5.97 Å². The summed E-state index contributed by atoms with van der Waals surface area (Å²) in [5.74, 6) is 0.286. The van der Waals surface area contributed by atoms with Crippen molar-refractivity contribution in [1.82, 2.24) is 14.8 Å². The Balaban J connectivity index is 1.03. The van der Waals surface area contributed by atoms with Crippen molar-refractivity contribution in [2.24, 2.45) is 0 Å². The number of fused-ring (bicyclic) bond motifs is 1. The summed E-state index contributed by atoms with van der Waals surface area (Å²) in [6.45, 7) is 2.96. The standard InChI is InChI=1S/C38H54BrN3O4S/c1-2-3-4-5-6-7-8-9-10-11-12-13-14-15-16-19-26-45-27-31(43)28-46-36(44)29-47-38-41-40-37(39)42(38)35-25-24-32(30-22-23-30)33-20-17-18-21-34(33)35/h9-10,17-18,20-21,24-25,30-31,43H,2-8,11-16,19,22-23,26-29H2,1H3. The minimum atomic E-state index is -0.841. The molecule has 0 bridgehead atoms. The fourth-order valence-electron chi connectivity index (χ4n) is 5.87. The molecule has 47 heavy (non-hydrogen) atoms. The third-order valence-electron chi connectivity index (χ3n) is 8.65. The van der Waals surface area contributed by atoms with Gasteiger partial charge in [-0.3, -0.25) is 9.36 Å². The van der Waals surface area contributed by atoms with E-state index in [1.807, 2.05) is 10.6 Å². The molecule has 1 saturated carbocycles. The quantitative estimate of drug-likeness (QED) is 0.0402. The van der Waals surface area contributed by atoms with Crippen LogP contribution in [0.4, 0.5) is 0 Å². The summed E-state index contributed by atoms with van der Waals surface area (Å²) in [5, 5.41) is 21.7. The van der Waals surface area contributed by atoms with Gasteiger partial charge in [-0.05, 0) is 83.8 Å². The van der Waals surface area contributed by atoms with Crippen molar-refractivity contribution in [3.8, 4) is 5.69 Å². The number of unbranched alkanes of at least 4 members (excludes halogenated alkanes) is 12. The van der Waals surface area contributed by atoms with Gasteiger partial charge in [0.15, 0.2) is 5.16 Å². The molecule has 9 heteroatoms. The van der Waals surface area contributed by atoms with Gasteiger partial charge in [0, 0.05) is 12.0 Å². The SMILES string of the molecule is CCCCCCCCC=CCCCCCCCCOCC(O)COC(=O)CSc1nnc(Br)n1-c1ccc(C2CC2)c2ccccc12. The van der Waals surface area contributed by atoms with Gasteiger partial charge in [0.05, 0.1) is 18.0 Å². The highest BCUT2D eigenvalue weighted by Crippen LogP contribution is 2.44. The summed E-state index contributed by atoms with van der Waals surface area (Å²) in [6.07, 6.45) is 24.2. The number of thioether (sulfide) groups is 1. The topological polar surface area (TPSA) is 86.5 Å². The maximum absolute atomic E-state index is 12.5. The van der Waals surface area contributed by atoms with Crippen LogP contribution in [0.15, 0.2) is 58.4 Å². The molecule has 0 aliphatic heterocycles. The van der Waals surface area contributed by atoms with E-state index < -0.39 is 12.1 Å². The zero-order valence-electron chi connectivity index (χ0n) is 28.2. The number of carbonyl (C=O) groups is 1. The molecule has 1 aliphatic rings. The van der Waals surface area contributed by atoms with E-state index in [4.69, 9.17) is 9.47 Å². The Morgan fingerprint density at radius 3 is 2.28 bits per heavy atom. The maximum atomic E-state index is 12.5. The lowest BCUT2D eigenvalue weighted by molar-refractivity contribution is -0.144. The number of rotatable bonds is 25. The highest BCUT2D eigenvalue weighted by Gasteiger charge is 2.26. The van der Waals surface area contributed by atoms with Crippen molar-refractivity contribution in [1.29, 1.82) is 0 Å². The lowest BCUT2D eigenvalue weighted by Crippen LogP contribution is -2.24. The molecule has 1 unspecified atom stereocenters. The molecule has 0 saturated heterocycles. The predicted octanol–water partition coefficient (Wildman–Crippen LogP) is 10.1. The van der Waals surface area contributed by atoms with Gasteiger partial charge in [-0.2, -0.15) is 0 Å². The number of aromatic nitrogens is 3. The molecule has 1 aromatic heterocycles. The van der Waals surface area contributed by atoms with Crippen LogP contribution in [-0.4, -0.2) is 57.5 Å². The molecule has 1 N–H and O–H groups in total. The van der Waals surface area contributed by atoms with Crippen LogP contribution in [0.5, 0.6) is 0 Å². The fourth-order valence-corrected chi connectivity index (χ4v) is 7.17. The number of hydrogen-bond donors (Lipinski definition) is 1. The normalized spacial score (nSPS) is 13.9. The third kappa shape index (κ3) is 13.3. The van der Waals surface area contributed by atoms with Crippen LogP contribution in [0.1, 0.15) is 121 Å². The first-order valence-corrected chi connectivity index (χ1v) is 19.7. The summed E-state index contributed by atoms with van der Waals surface area (Å²) in [6, 6.07) is 12.7. The lowest BCUT2D eigenvalue weighted by atomic mass is 9.99. The van der Waals surface area contributed by atoms with E-state index in [2.05, 4.69) is 75.5 Å². The first-order valence-electron chi connectivity index (χ1n) is 17.9. The Kier molecular flexibility index (Phi) is 17.4. The predicted molar refractivity (Wildman–Crippen MR) is 197 cm³/mol. The fraction of sp³-hybridized carbons (Fsp3) is 0.605. The monoisotopic (exact) mass is 727 g/mol. The maximum Gasteiger partial charge on any atom is 0.316 e. The highest BCUT2D eigenvalue weighted by atomic mass is 79.9. The Morgan fingerprint density at radius 2 is 1.57 bits per heavy atom. The van der Waals surface area contributed by atoms with E-state index in [0.717, 1.165) is 23.9 Å². The first-order chi connectivity index (χ1) is 23.1. The first kappa shape index (κ1) is 37.6. The van der Waals surface area contributed by atoms with Crippen molar-refractivity contribution in [2.45, 2.75) is 127 Å². The second-order valence-corrected chi connectivity index (χ2v) is 14.4. The Bertz CT molecular complexity index is 1380. The second kappa shape index (κ2) is 21.7. The molecule has 2 aromatic carbocycles. The number of aliphatic hydroxyl groups is 1. The van der Waals surface area contributed by atoms with Crippen LogP contribution in [0, 0.1) is 0 Å². The number of allylic oxidation sites excluding steroid dienone is 2. The number of nitrogens with zero attached hydrogens (tertiary/aromatic N) is 3. The number of benzene rings is 2. The zero-order chi connectivity index (χ0) is 33.1. The van der Waals surface area contributed by atoms with Crippen LogP contribution in [0.2, 0.25) is 0 Å². The molecule has 1 heterocycles. The van der Waals surface area contributed by atoms with Gasteiger partial charge in [-0.15, -0.1) is 10.2 Å². The molecule has 1 atom stereocenters. The second-order valence-electron chi connectivity index (χ2n) is 12.7. The highest BCUT2D eigenvalue weighted by molar-refractivity contribution is 9.10. The Morgan fingerprint density at radius 1 is 0.915 bits per heavy atom. The minimum Gasteiger partial charge on any atom is -0.462 e. The van der Waals surface area contributed by atoms with Crippen molar-refractivity contribution >= 4 is 44.4 Å². The molecule has 0 radical (unpaired) electrons. The molecular formula is C38H54BrN3O4S. The van der Waals surface area contributed by atoms with Gasteiger partial charge < -0.3 is 14.6 Å². The number of halogens is 1. The van der Waals surface area contributed by atoms with Gasteiger partial charge in [-0.1, -0.05) is 119 Å². The molecule has 1 aliphatic carbocycles. The van der Waals surface area contributed by atoms with E-state index in [9.17, 15) is 9.90 Å². The number of hydrogen-bond acceptors (Lipinski definition) is 7. The molecular weight excluding hydrogens is 674 g/mol. The third-order valence-corrected chi connectivity index (χ3v) is 10.1. The van der Waals surface area contributed by atoms with Gasteiger partial charge in [-0.25, -0.2) is 0 Å². The zero-order valence-corrected chi connectivity index (χ0v) is 30.6. The summed E-state index contributed by atoms with van der Waals surface area (Å²) >= 11 is 4.80. The van der Waals surface area contributed by atoms with Crippen molar-refractivity contribution < 1.29 is 19.4 Å². The van der Waals surface area contributed by atoms with Crippen LogP contribution >= 0.6 is 27.7 Å². The van der Waals surface area contributed by atoms with E-state index in [1.165, 1.54) is 113 Å². The van der Waals surface area contributed by atoms with Gasteiger partial charge in [0.1, 0.15) is 12.7 Å². The number of aliphatic hydroxyl groups excluding tert-OH is 1. The summed E-state index contributed by atoms with van der Waals surface area (Å²) < 4.78 is 13.4. The van der Waals surface area contributed by atoms with Crippen LogP contribution < -0.4 is 0 Å². The van der Waals surface area contributed by atoms with E-state index in [1.54, 1.807) is 0 Å². The van der Waals surface area contributed by atoms with E-state index in [-0.39, 0.29) is 19.0 Å². The van der Waals surface area contributed by atoms with Crippen molar-refractivity contribution in [3.63, 3.8) is 0 Å². The molecule has 1 fully saturated rings. The van der Waals surface area contributed by atoms with E-state index >= 15 is 0 Å². The molecule has 7 nitrogen and oxygen atoms in total. The Labute approximate surface area is 294 Å². The summed E-state index contributed by atoms with van der Waals surface area (Å²) in [4.78, 5) is 12.5. The molecule has 258 valence electrons. The van der Waals surface area contributed by atoms with Crippen molar-refractivity contribution in [3.05, 3.63) is 58.8 Å². The average Bonchev–Trinajstić information content (AvgIpc) is 3.87. The van der Waals surface area contributed by atoms with Gasteiger partial charge in [0.2, 0.25) is 4.73 Å². The smallest absolute Gasteiger partial charge is 0.316 e. The van der Waals surface area contributed by atoms with Crippen LogP contribution in [-0.2, 0) is 14.3 Å². The average molecular weight is 729 g/mol. The minimum absolute atomic E-state index is 0.0618. The molecule has 0 amide bonds. The largest absolute Gasteiger partial charge is 0.462 e. The van der Waals surface area contributed by atoms with E-state index in [0.29, 0.717) is 22.4 Å². The summed E-state index contributed by atoms with van der Waals surface area (Å²) in [5.41, 5.74) is 2.35. The number of ether oxygens (including phenoxy) is 2. The van der Waals surface area contributed by atoms with Gasteiger partial charge in [0.25, 0.3) is 0 Å². The molecule has 0 spiro atoms. The Hall–Kier alpha value is -2.20. The van der Waals surface area contributed by atoms with Crippen LogP contribution in [0.25, 0.3) is 16.5 Å². The van der Waals surface area contributed by atoms with Crippen molar-refractivity contribution in [2.75, 3.05) is 25.6 Å². The molecule has 3 aromatic rings. The van der Waals surface area contributed by atoms with Crippen LogP contribution in [0.3, 0.4) is 0 Å².